The molecule has 0 bridgehead atoms. The van der Waals surface area contributed by atoms with Crippen LogP contribution >= 0.6 is 0 Å². The van der Waals surface area contributed by atoms with Crippen molar-refractivity contribution in [1.29, 1.82) is 0 Å². The van der Waals surface area contributed by atoms with Crippen molar-refractivity contribution in [3.63, 3.8) is 0 Å². The Morgan fingerprint density at radius 2 is 0.818 bits per heavy atom. The zero-order valence-electron chi connectivity index (χ0n) is 19.5. The highest BCUT2D eigenvalue weighted by Gasteiger charge is 2.08. The Hall–Kier alpha value is -3.84. The highest BCUT2D eigenvalue weighted by molar-refractivity contribution is 5.86. The van der Waals surface area contributed by atoms with Crippen molar-refractivity contribution < 1.29 is 0 Å². The molecule has 1 heteroatoms. The van der Waals surface area contributed by atoms with Gasteiger partial charge in [-0.2, -0.15) is 0 Å². The Bertz CT molecular complexity index is 1140. The topological polar surface area (TPSA) is 3.24 Å². The van der Waals surface area contributed by atoms with Crippen LogP contribution < -0.4 is 4.90 Å². The summed E-state index contributed by atoms with van der Waals surface area (Å²) in [6.07, 6.45) is 4.52. The van der Waals surface area contributed by atoms with Gasteiger partial charge in [-0.25, -0.2) is 0 Å². The molecule has 0 unspecified atom stereocenters. The van der Waals surface area contributed by atoms with E-state index in [1.165, 1.54) is 39.1 Å². The van der Waals surface area contributed by atoms with Gasteiger partial charge in [0.1, 0.15) is 0 Å². The van der Waals surface area contributed by atoms with Gasteiger partial charge in [0.25, 0.3) is 0 Å². The van der Waals surface area contributed by atoms with E-state index in [1.54, 1.807) is 0 Å². The predicted octanol–water partition coefficient (Wildman–Crippen LogP) is 8.10. The van der Waals surface area contributed by atoms with Crippen molar-refractivity contribution in [2.75, 3.05) is 18.0 Å². The van der Waals surface area contributed by atoms with E-state index in [9.17, 15) is 0 Å². The Balaban J connectivity index is 1.82. The van der Waals surface area contributed by atoms with E-state index < -0.39 is 0 Å². The standard InChI is InChI=1S/C32H31N/c1-3-33(4-2)30-22-20-29(21-23-30)32(28-18-12-7-13-19-28)25-24-31(26-14-8-5-9-15-26)27-16-10-6-11-17-27/h5-25H,3-4H2,1-2H3/b32-25-. The van der Waals surface area contributed by atoms with Crippen LogP contribution in [0.1, 0.15) is 36.1 Å². The molecule has 0 heterocycles. The summed E-state index contributed by atoms with van der Waals surface area (Å²) >= 11 is 0. The maximum Gasteiger partial charge on any atom is 0.0366 e. The Kier molecular flexibility index (Phi) is 7.56. The lowest BCUT2D eigenvalue weighted by Crippen LogP contribution is -2.21. The molecule has 33 heavy (non-hydrogen) atoms. The normalized spacial score (nSPS) is 11.2. The number of benzene rings is 4. The summed E-state index contributed by atoms with van der Waals surface area (Å²) in [4.78, 5) is 2.37. The minimum atomic E-state index is 1.01. The lowest BCUT2D eigenvalue weighted by atomic mass is 9.94. The number of rotatable bonds is 8. The van der Waals surface area contributed by atoms with Gasteiger partial charge in [-0.1, -0.05) is 115 Å². The lowest BCUT2D eigenvalue weighted by molar-refractivity contribution is 0.866. The molecule has 0 aromatic heterocycles. The second-order valence-electron chi connectivity index (χ2n) is 7.98. The molecule has 0 fully saturated rings. The van der Waals surface area contributed by atoms with Crippen molar-refractivity contribution in [2.24, 2.45) is 0 Å². The number of hydrogen-bond acceptors (Lipinski definition) is 1. The van der Waals surface area contributed by atoms with Crippen LogP contribution in [-0.4, -0.2) is 13.1 Å². The van der Waals surface area contributed by atoms with Crippen LogP contribution in [0.4, 0.5) is 5.69 Å². The number of anilines is 1. The zero-order valence-corrected chi connectivity index (χ0v) is 19.5. The van der Waals surface area contributed by atoms with E-state index in [2.05, 4.69) is 146 Å². The van der Waals surface area contributed by atoms with E-state index in [1.807, 2.05) is 0 Å². The van der Waals surface area contributed by atoms with Gasteiger partial charge in [-0.05, 0) is 59.4 Å². The molecule has 0 saturated heterocycles. The van der Waals surface area contributed by atoms with E-state index >= 15 is 0 Å². The fraction of sp³-hybridized carbons (Fsp3) is 0.125. The van der Waals surface area contributed by atoms with Gasteiger partial charge in [0.05, 0.1) is 0 Å². The predicted molar refractivity (Wildman–Crippen MR) is 143 cm³/mol. The Morgan fingerprint density at radius 1 is 0.485 bits per heavy atom. The van der Waals surface area contributed by atoms with Gasteiger partial charge >= 0.3 is 0 Å². The molecule has 0 radical (unpaired) electrons. The third-order valence-electron chi connectivity index (χ3n) is 5.98. The average molecular weight is 430 g/mol. The van der Waals surface area contributed by atoms with E-state index in [0.717, 1.165) is 13.1 Å². The molecule has 4 rings (SSSR count). The van der Waals surface area contributed by atoms with Gasteiger partial charge in [0, 0.05) is 18.8 Å². The summed E-state index contributed by atoms with van der Waals surface area (Å²) in [5.41, 5.74) is 8.54. The maximum absolute atomic E-state index is 2.37. The second kappa shape index (κ2) is 11.2. The smallest absolute Gasteiger partial charge is 0.0366 e. The Morgan fingerprint density at radius 3 is 1.15 bits per heavy atom. The number of allylic oxidation sites excluding steroid dienone is 2. The van der Waals surface area contributed by atoms with Crippen LogP contribution in [0, 0.1) is 0 Å². The second-order valence-corrected chi connectivity index (χ2v) is 7.98. The maximum atomic E-state index is 2.37. The van der Waals surface area contributed by atoms with Crippen molar-refractivity contribution in [2.45, 2.75) is 13.8 Å². The van der Waals surface area contributed by atoms with E-state index in [4.69, 9.17) is 0 Å². The highest BCUT2D eigenvalue weighted by atomic mass is 15.1. The van der Waals surface area contributed by atoms with E-state index in [0.29, 0.717) is 0 Å². The third-order valence-corrected chi connectivity index (χ3v) is 5.98. The van der Waals surface area contributed by atoms with Gasteiger partial charge in [-0.3, -0.25) is 0 Å². The molecule has 4 aromatic carbocycles. The van der Waals surface area contributed by atoms with Crippen molar-refractivity contribution in [3.05, 3.63) is 150 Å². The van der Waals surface area contributed by atoms with Crippen LogP contribution in [0.25, 0.3) is 11.1 Å². The van der Waals surface area contributed by atoms with Crippen molar-refractivity contribution >= 4 is 16.8 Å². The molecular formula is C32H31N. The van der Waals surface area contributed by atoms with Crippen LogP contribution in [-0.2, 0) is 0 Å². The fourth-order valence-corrected chi connectivity index (χ4v) is 4.18. The van der Waals surface area contributed by atoms with Crippen LogP contribution in [0.15, 0.2) is 127 Å². The monoisotopic (exact) mass is 429 g/mol. The molecule has 0 aliphatic carbocycles. The largest absolute Gasteiger partial charge is 0.372 e. The lowest BCUT2D eigenvalue weighted by Gasteiger charge is -2.21. The molecule has 1 nitrogen and oxygen atoms in total. The molecule has 0 N–H and O–H groups in total. The molecule has 0 saturated carbocycles. The fourth-order valence-electron chi connectivity index (χ4n) is 4.18. The number of hydrogen-bond donors (Lipinski definition) is 0. The third kappa shape index (κ3) is 5.51. The molecular weight excluding hydrogens is 398 g/mol. The van der Waals surface area contributed by atoms with Gasteiger partial charge < -0.3 is 4.90 Å². The summed E-state index contributed by atoms with van der Waals surface area (Å²) in [7, 11) is 0. The quantitative estimate of drug-likeness (QED) is 0.256. The summed E-state index contributed by atoms with van der Waals surface area (Å²) in [5, 5.41) is 0. The molecule has 164 valence electrons. The molecule has 4 aromatic rings. The van der Waals surface area contributed by atoms with Crippen LogP contribution in [0.3, 0.4) is 0 Å². The van der Waals surface area contributed by atoms with E-state index in [-0.39, 0.29) is 0 Å². The molecule has 0 aliphatic rings. The molecule has 0 spiro atoms. The first kappa shape index (κ1) is 22.4. The first-order chi connectivity index (χ1) is 16.3. The minimum Gasteiger partial charge on any atom is -0.372 e. The van der Waals surface area contributed by atoms with Gasteiger partial charge in [-0.15, -0.1) is 0 Å². The first-order valence-corrected chi connectivity index (χ1v) is 11.7. The zero-order chi connectivity index (χ0) is 22.9. The SMILES string of the molecule is CCN(CC)c1ccc(/C(=C\C=C(c2ccccc2)c2ccccc2)c2ccccc2)cc1. The number of nitrogens with zero attached hydrogens (tertiary/aromatic N) is 1. The van der Waals surface area contributed by atoms with Crippen LogP contribution in [0.5, 0.6) is 0 Å². The Labute approximate surface area is 198 Å². The molecule has 0 amide bonds. The van der Waals surface area contributed by atoms with Crippen molar-refractivity contribution in [3.8, 4) is 0 Å². The summed E-state index contributed by atoms with van der Waals surface area (Å²) < 4.78 is 0. The van der Waals surface area contributed by atoms with Crippen LogP contribution in [0.2, 0.25) is 0 Å². The van der Waals surface area contributed by atoms with Crippen molar-refractivity contribution in [1.82, 2.24) is 0 Å². The summed E-state index contributed by atoms with van der Waals surface area (Å²) in [6.45, 7) is 6.42. The average Bonchev–Trinajstić information content (AvgIpc) is 2.89. The molecule has 0 atom stereocenters. The van der Waals surface area contributed by atoms with Gasteiger partial charge in [0.2, 0.25) is 0 Å². The van der Waals surface area contributed by atoms with Gasteiger partial charge in [0.15, 0.2) is 0 Å². The minimum absolute atomic E-state index is 1.01. The highest BCUT2D eigenvalue weighted by Crippen LogP contribution is 2.29. The molecule has 0 aliphatic heterocycles. The summed E-state index contributed by atoms with van der Waals surface area (Å²) in [6, 6.07) is 40.8. The summed E-state index contributed by atoms with van der Waals surface area (Å²) in [5.74, 6) is 0. The first-order valence-electron chi connectivity index (χ1n) is 11.7.